The van der Waals surface area contributed by atoms with E-state index in [4.69, 9.17) is 6.42 Å². The average molecular weight is 391 g/mol. The number of benzene rings is 1. The maximum Gasteiger partial charge on any atom is 0.251 e. The number of hydrogen-bond donors (Lipinski definition) is 2. The topological polar surface area (TPSA) is 95.6 Å². The predicted molar refractivity (Wildman–Crippen MR) is 102 cm³/mol. The summed E-state index contributed by atoms with van der Waals surface area (Å²) in [5.74, 6) is 1.69. The second-order valence-corrected chi connectivity index (χ2v) is 8.27. The molecule has 7 nitrogen and oxygen atoms in total. The van der Waals surface area contributed by atoms with E-state index in [1.54, 1.807) is 0 Å². The highest BCUT2D eigenvalue weighted by atomic mass is 32.2. The van der Waals surface area contributed by atoms with Crippen molar-refractivity contribution in [3.05, 3.63) is 29.8 Å². The third-order valence-corrected chi connectivity index (χ3v) is 6.26. The Labute approximate surface area is 160 Å². The van der Waals surface area contributed by atoms with Crippen molar-refractivity contribution >= 4 is 21.8 Å². The van der Waals surface area contributed by atoms with Gasteiger partial charge < -0.3 is 10.6 Å². The Balaban J connectivity index is 1.92. The number of amides is 2. The number of sulfonamides is 1. The van der Waals surface area contributed by atoms with E-state index in [9.17, 15) is 18.0 Å². The minimum Gasteiger partial charge on any atom is -0.352 e. The monoisotopic (exact) mass is 391 g/mol. The van der Waals surface area contributed by atoms with Crippen molar-refractivity contribution < 1.29 is 18.0 Å². The number of nitrogens with zero attached hydrogens (tertiary/aromatic N) is 1. The first kappa shape index (κ1) is 20.9. The van der Waals surface area contributed by atoms with Crippen LogP contribution in [0.5, 0.6) is 0 Å². The molecule has 0 unspecified atom stereocenters. The van der Waals surface area contributed by atoms with E-state index in [1.807, 2.05) is 0 Å². The van der Waals surface area contributed by atoms with E-state index in [0.29, 0.717) is 18.7 Å². The fraction of sp³-hybridized carbons (Fsp3) is 0.474. The Morgan fingerprint density at radius 1 is 1.04 bits per heavy atom. The molecule has 2 amide bonds. The van der Waals surface area contributed by atoms with Gasteiger partial charge in [0.2, 0.25) is 15.9 Å². The van der Waals surface area contributed by atoms with Crippen molar-refractivity contribution in [2.24, 2.45) is 0 Å². The minimum atomic E-state index is -3.53. The van der Waals surface area contributed by atoms with Gasteiger partial charge in [-0.3, -0.25) is 9.59 Å². The Bertz CT molecular complexity index is 789. The van der Waals surface area contributed by atoms with Gasteiger partial charge in [0.05, 0.1) is 11.4 Å². The van der Waals surface area contributed by atoms with Crippen LogP contribution in [0.25, 0.3) is 0 Å². The SMILES string of the molecule is C#CCNC(=O)CCNC(=O)c1ccc(S(=O)(=O)N2CCCCCC2)cc1. The van der Waals surface area contributed by atoms with Crippen molar-refractivity contribution in [2.75, 3.05) is 26.2 Å². The standard InChI is InChI=1S/C19H25N3O4S/c1-2-12-20-18(23)11-13-21-19(24)16-7-9-17(10-8-16)27(25,26)22-14-5-3-4-6-15-22/h1,7-10H,3-6,11-15H2,(H,20,23)(H,21,24). The van der Waals surface area contributed by atoms with Crippen LogP contribution in [0.2, 0.25) is 0 Å². The molecule has 27 heavy (non-hydrogen) atoms. The number of terminal acetylenes is 1. The van der Waals surface area contributed by atoms with E-state index in [1.165, 1.54) is 28.6 Å². The molecule has 0 saturated carbocycles. The maximum atomic E-state index is 12.7. The summed E-state index contributed by atoms with van der Waals surface area (Å²) < 4.78 is 27.0. The van der Waals surface area contributed by atoms with Gasteiger partial charge in [-0.1, -0.05) is 18.8 Å². The average Bonchev–Trinajstić information content (AvgIpc) is 2.96. The highest BCUT2D eigenvalue weighted by Gasteiger charge is 2.25. The summed E-state index contributed by atoms with van der Waals surface area (Å²) in [6, 6.07) is 5.88. The number of nitrogens with one attached hydrogen (secondary N) is 2. The summed E-state index contributed by atoms with van der Waals surface area (Å²) in [4.78, 5) is 23.7. The first-order chi connectivity index (χ1) is 12.9. The lowest BCUT2D eigenvalue weighted by molar-refractivity contribution is -0.120. The van der Waals surface area contributed by atoms with Gasteiger partial charge in [-0.05, 0) is 37.1 Å². The first-order valence-corrected chi connectivity index (χ1v) is 10.5. The number of carbonyl (C=O) groups excluding carboxylic acids is 2. The number of hydrogen-bond acceptors (Lipinski definition) is 4. The molecule has 0 atom stereocenters. The molecule has 1 fully saturated rings. The fourth-order valence-electron chi connectivity index (χ4n) is 2.84. The fourth-order valence-corrected chi connectivity index (χ4v) is 4.36. The highest BCUT2D eigenvalue weighted by molar-refractivity contribution is 7.89. The summed E-state index contributed by atoms with van der Waals surface area (Å²) >= 11 is 0. The van der Waals surface area contributed by atoms with E-state index in [2.05, 4.69) is 16.6 Å². The van der Waals surface area contributed by atoms with Gasteiger partial charge in [0.25, 0.3) is 5.91 Å². The molecule has 0 aromatic heterocycles. The highest BCUT2D eigenvalue weighted by Crippen LogP contribution is 2.20. The van der Waals surface area contributed by atoms with E-state index in [-0.39, 0.29) is 36.2 Å². The second-order valence-electron chi connectivity index (χ2n) is 6.33. The molecule has 1 heterocycles. The number of carbonyl (C=O) groups is 2. The van der Waals surface area contributed by atoms with Crippen LogP contribution >= 0.6 is 0 Å². The van der Waals surface area contributed by atoms with Gasteiger partial charge in [0.1, 0.15) is 0 Å². The molecule has 1 saturated heterocycles. The lowest BCUT2D eigenvalue weighted by atomic mass is 10.2. The minimum absolute atomic E-state index is 0.120. The molecule has 2 rings (SSSR count). The molecule has 1 aliphatic heterocycles. The molecule has 1 aliphatic rings. The summed E-state index contributed by atoms with van der Waals surface area (Å²) in [5, 5.41) is 5.13. The van der Waals surface area contributed by atoms with Gasteiger partial charge in [0.15, 0.2) is 0 Å². The molecule has 8 heteroatoms. The van der Waals surface area contributed by atoms with Crippen LogP contribution in [0.1, 0.15) is 42.5 Å². The normalized spacial score (nSPS) is 15.4. The molecule has 0 bridgehead atoms. The zero-order chi connectivity index (χ0) is 19.7. The van der Waals surface area contributed by atoms with Crippen LogP contribution in [0, 0.1) is 12.3 Å². The van der Waals surface area contributed by atoms with Crippen LogP contribution in [0.3, 0.4) is 0 Å². The molecule has 0 spiro atoms. The van der Waals surface area contributed by atoms with Gasteiger partial charge in [-0.2, -0.15) is 4.31 Å². The first-order valence-electron chi connectivity index (χ1n) is 9.03. The predicted octanol–water partition coefficient (Wildman–Crippen LogP) is 1.12. The van der Waals surface area contributed by atoms with Crippen molar-refractivity contribution in [2.45, 2.75) is 37.0 Å². The van der Waals surface area contributed by atoms with Crippen LogP contribution in [0.4, 0.5) is 0 Å². The second kappa shape index (κ2) is 10.1. The quantitative estimate of drug-likeness (QED) is 0.681. The van der Waals surface area contributed by atoms with Crippen molar-refractivity contribution in [1.29, 1.82) is 0 Å². The Kier molecular flexibility index (Phi) is 7.82. The van der Waals surface area contributed by atoms with Crippen LogP contribution in [0.15, 0.2) is 29.2 Å². The zero-order valence-corrected chi connectivity index (χ0v) is 16.1. The summed E-state index contributed by atoms with van der Waals surface area (Å²) in [6.45, 7) is 1.39. The molecule has 2 N–H and O–H groups in total. The molecule has 0 radical (unpaired) electrons. The molecule has 1 aromatic carbocycles. The van der Waals surface area contributed by atoms with Crippen LogP contribution < -0.4 is 10.6 Å². The maximum absolute atomic E-state index is 12.7. The lowest BCUT2D eigenvalue weighted by Crippen LogP contribution is -2.32. The van der Waals surface area contributed by atoms with Gasteiger partial charge >= 0.3 is 0 Å². The van der Waals surface area contributed by atoms with E-state index < -0.39 is 10.0 Å². The zero-order valence-electron chi connectivity index (χ0n) is 15.2. The van der Waals surface area contributed by atoms with Crippen LogP contribution in [-0.2, 0) is 14.8 Å². The summed E-state index contributed by atoms with van der Waals surface area (Å²) in [7, 11) is -3.53. The third-order valence-electron chi connectivity index (χ3n) is 4.34. The summed E-state index contributed by atoms with van der Waals surface area (Å²) in [5.41, 5.74) is 0.342. The molecule has 0 aliphatic carbocycles. The van der Waals surface area contributed by atoms with E-state index >= 15 is 0 Å². The van der Waals surface area contributed by atoms with Crippen LogP contribution in [-0.4, -0.2) is 50.7 Å². The van der Waals surface area contributed by atoms with Gasteiger partial charge in [-0.25, -0.2) is 8.42 Å². The van der Waals surface area contributed by atoms with Crippen molar-refractivity contribution in [3.63, 3.8) is 0 Å². The largest absolute Gasteiger partial charge is 0.352 e. The lowest BCUT2D eigenvalue weighted by Gasteiger charge is -2.20. The Morgan fingerprint density at radius 2 is 1.67 bits per heavy atom. The Hall–Kier alpha value is -2.37. The van der Waals surface area contributed by atoms with E-state index in [0.717, 1.165) is 25.7 Å². The molecular weight excluding hydrogens is 366 g/mol. The van der Waals surface area contributed by atoms with Gasteiger partial charge in [0, 0.05) is 31.6 Å². The smallest absolute Gasteiger partial charge is 0.251 e. The molecular formula is C19H25N3O4S. The summed E-state index contributed by atoms with van der Waals surface area (Å²) in [6.07, 6.45) is 9.00. The number of rotatable bonds is 7. The third kappa shape index (κ3) is 6.08. The van der Waals surface area contributed by atoms with Gasteiger partial charge in [-0.15, -0.1) is 6.42 Å². The van der Waals surface area contributed by atoms with Crippen molar-refractivity contribution in [1.82, 2.24) is 14.9 Å². The molecule has 146 valence electrons. The van der Waals surface area contributed by atoms with Crippen molar-refractivity contribution in [3.8, 4) is 12.3 Å². The molecule has 1 aromatic rings. The Morgan fingerprint density at radius 3 is 2.26 bits per heavy atom.